The Hall–Kier alpha value is -17.3. The van der Waals surface area contributed by atoms with Gasteiger partial charge in [0, 0.05) is 96.6 Å². The van der Waals surface area contributed by atoms with Crippen molar-refractivity contribution in [1.29, 1.82) is 0 Å². The Labute approximate surface area is 825 Å². The van der Waals surface area contributed by atoms with Crippen molar-refractivity contribution >= 4 is 109 Å². The number of hydrogen-bond acceptors (Lipinski definition) is 5. The summed E-state index contributed by atoms with van der Waals surface area (Å²) in [6, 6.07) is 120. The first kappa shape index (κ1) is 75.1. The zero-order valence-electron chi connectivity index (χ0n) is 90.8. The number of imidazole rings is 5. The summed E-state index contributed by atoms with van der Waals surface area (Å²) in [7, 11) is 10.2. The second-order valence-electron chi connectivity index (χ2n) is 35.1. The van der Waals surface area contributed by atoms with Crippen LogP contribution in [0.25, 0.3) is 195 Å². The number of aryl methyl sites for hydroxylation is 14. The standard InChI is InChI=1S/4C25H22N3.C24H20N3/c1-17-10-4-6-12-20(17)25-27(3)22-14-8-9-15-23(22)28(25)24-18(2)21-13-7-5-11-19(21)16-26-24;1-17-10-4-5-11-19(17)25-27(3)22-14-8-9-15-23(22)28(25)24-16-26-21-13-7-6-12-20(21)18(24)2;1-17-9-4-5-10-19(17)25-27(3)23-12-6-7-13-24(23)28(25)22-15-14-21-20(18(22)2)11-8-16-26-21;1-17-8-4-5-9-20(17)25-27(3)23-10-6-7-11-24(23)28(25)22-13-12-19-16-26-15-14-21(19)18(22)2;1-17-9-3-5-11-19(17)24-26(2)21-13-7-8-14-22(21)27(24)23-20-12-6-4-10-18(20)15-16-25-23/h4*4-16H,1-3H3;3-16H,1-2H3/q5*+1/i4*2D3;. The van der Waals surface area contributed by atoms with Crippen LogP contribution in [0.5, 0.6) is 0 Å². The third-order valence-electron chi connectivity index (χ3n) is 26.9. The van der Waals surface area contributed by atoms with Crippen LogP contribution in [0.3, 0.4) is 0 Å². The largest absolute Gasteiger partial charge is 0.296 e. The topological polar surface area (TPSA) is 108 Å². The highest BCUT2D eigenvalue weighted by Crippen LogP contribution is 2.40. The first-order chi connectivity index (χ1) is 72.8. The van der Waals surface area contributed by atoms with Gasteiger partial charge in [0.2, 0.25) is 11.6 Å². The molecule has 0 radical (unpaired) electrons. The van der Waals surface area contributed by atoms with Crippen molar-refractivity contribution in [1.82, 2.24) is 47.8 Å². The second kappa shape index (κ2) is 37.2. The number of rotatable bonds is 10. The SMILES string of the molecule is Cc1ccccc1-c1n(-c2nccc3ccccc23)c2ccccc2[n+]1C.[2H]C([2H])([2H])c1c(-n2c(-c3ccccc3C)[n+](C)c3ccccc32)ccc2cnccc12.[2H]C([2H])([2H])c1c(-n2c(-c3ccccc3C)[n+](C)c3ccccc32)ccc2ncccc12.[2H]C([2H])([2H])c1c(-n2c(-c3ccccc3C)[n+](C)c3ccccc32)cnc2ccccc12.[2H]C([2H])([2H])c1c(-n2c(-c3ccccc3C)[n+](C)c3ccccc32)ncc2ccccc12. The Bertz CT molecular complexity index is 8740. The van der Waals surface area contributed by atoms with Crippen molar-refractivity contribution in [2.45, 2.75) is 62.0 Å². The Balaban J connectivity index is 0.000000110. The number of hydrogen-bond donors (Lipinski definition) is 0. The van der Waals surface area contributed by atoms with Gasteiger partial charge in [0.1, 0.15) is 11.4 Å². The number of fused-ring (bicyclic) bond motifs is 10. The van der Waals surface area contributed by atoms with E-state index in [0.29, 0.717) is 72.1 Å². The highest BCUT2D eigenvalue weighted by atomic mass is 15.2. The molecule has 0 aliphatic carbocycles. The lowest BCUT2D eigenvalue weighted by molar-refractivity contribution is -0.634. The van der Waals surface area contributed by atoms with Gasteiger partial charge >= 0.3 is 0 Å². The van der Waals surface area contributed by atoms with E-state index in [2.05, 4.69) is 239 Å². The molecular weight excluding hydrogens is 1700 g/mol. The molecule has 0 spiro atoms. The van der Waals surface area contributed by atoms with E-state index in [-0.39, 0.29) is 5.56 Å². The Morgan fingerprint density at radius 1 is 0.216 bits per heavy atom. The predicted molar refractivity (Wildman–Crippen MR) is 569 cm³/mol. The summed E-state index contributed by atoms with van der Waals surface area (Å²) in [5.41, 5.74) is 25.8. The van der Waals surface area contributed by atoms with Crippen LogP contribution in [0, 0.1) is 62.0 Å². The highest BCUT2D eigenvalue weighted by Gasteiger charge is 2.35. The van der Waals surface area contributed by atoms with Crippen LogP contribution in [-0.2, 0) is 35.2 Å². The monoisotopic (exact) mass is 1820 g/mol. The molecule has 0 bridgehead atoms. The minimum absolute atomic E-state index is 0.266. The molecule has 15 nitrogen and oxygen atoms in total. The second-order valence-corrected chi connectivity index (χ2v) is 35.1. The van der Waals surface area contributed by atoms with E-state index in [1.54, 1.807) is 43.1 Å². The van der Waals surface area contributed by atoms with E-state index in [9.17, 15) is 0 Å². The summed E-state index contributed by atoms with van der Waals surface area (Å²) in [6.45, 7) is 1.24. The first-order valence-corrected chi connectivity index (χ1v) is 46.4. The average molecular weight is 1820 g/mol. The molecule has 25 aromatic rings. The van der Waals surface area contributed by atoms with Gasteiger partial charge in [-0.05, 0) is 252 Å². The Morgan fingerprint density at radius 3 is 1.01 bits per heavy atom. The van der Waals surface area contributed by atoms with Gasteiger partial charge in [-0.25, -0.2) is 32.8 Å². The fourth-order valence-electron chi connectivity index (χ4n) is 19.9. The maximum atomic E-state index is 8.37. The molecule has 0 aliphatic rings. The van der Waals surface area contributed by atoms with Crippen molar-refractivity contribution in [2.24, 2.45) is 35.2 Å². The number of para-hydroxylation sites is 11. The highest BCUT2D eigenvalue weighted by molar-refractivity contribution is 5.96. The van der Waals surface area contributed by atoms with Crippen LogP contribution >= 0.6 is 0 Å². The third-order valence-corrected chi connectivity index (χ3v) is 26.9. The Morgan fingerprint density at radius 2 is 0.547 bits per heavy atom. The molecule has 15 aromatic carbocycles. The van der Waals surface area contributed by atoms with Gasteiger partial charge < -0.3 is 0 Å². The van der Waals surface area contributed by atoms with Gasteiger partial charge in [-0.15, -0.1) is 0 Å². The molecule has 0 unspecified atom stereocenters. The van der Waals surface area contributed by atoms with Crippen molar-refractivity contribution in [2.75, 3.05) is 0 Å². The van der Waals surface area contributed by atoms with E-state index in [0.717, 1.165) is 145 Å². The van der Waals surface area contributed by atoms with Gasteiger partial charge in [-0.1, -0.05) is 218 Å². The number of aromatic nitrogens is 15. The molecule has 25 rings (SSSR count). The number of pyridine rings is 5. The number of benzene rings is 15. The molecule has 0 aliphatic heterocycles. The zero-order chi connectivity index (χ0) is 105. The van der Waals surface area contributed by atoms with Crippen molar-refractivity contribution < 1.29 is 39.3 Å². The predicted octanol–water partition coefficient (Wildman–Crippen LogP) is 26.1. The van der Waals surface area contributed by atoms with E-state index >= 15 is 0 Å². The van der Waals surface area contributed by atoms with Gasteiger partial charge in [-0.2, -0.15) is 22.8 Å². The molecule has 15 heteroatoms. The maximum Gasteiger partial charge on any atom is 0.296 e. The summed E-state index contributed by atoms with van der Waals surface area (Å²) >= 11 is 0. The summed E-state index contributed by atoms with van der Waals surface area (Å²) in [5, 5.41) is 6.67. The Kier molecular flexibility index (Phi) is 20.1. The molecule has 0 fully saturated rings. The molecule has 10 aromatic heterocycles. The molecule has 10 heterocycles. The van der Waals surface area contributed by atoms with Gasteiger partial charge in [0.05, 0.1) is 80.3 Å². The minimum Gasteiger partial charge on any atom is -0.264 e. The van der Waals surface area contributed by atoms with Gasteiger partial charge in [-0.3, -0.25) is 15.0 Å². The molecule has 0 amide bonds. The molecule has 139 heavy (non-hydrogen) atoms. The van der Waals surface area contributed by atoms with Crippen molar-refractivity contribution in [3.05, 3.63) is 451 Å². The van der Waals surface area contributed by atoms with Crippen LogP contribution in [-0.4, -0.2) is 47.8 Å². The van der Waals surface area contributed by atoms with Crippen LogP contribution in [0.1, 0.15) is 66.5 Å². The van der Waals surface area contributed by atoms with Crippen LogP contribution in [0.2, 0.25) is 0 Å². The summed E-state index contributed by atoms with van der Waals surface area (Å²) in [5.74, 6) is 6.23. The third kappa shape index (κ3) is 15.6. The lowest BCUT2D eigenvalue weighted by atomic mass is 10.0. The van der Waals surface area contributed by atoms with Crippen LogP contribution < -0.4 is 22.8 Å². The minimum atomic E-state index is -2.32. The van der Waals surface area contributed by atoms with Crippen LogP contribution in [0.4, 0.5) is 0 Å². The molecule has 0 saturated carbocycles. The fourth-order valence-corrected chi connectivity index (χ4v) is 19.9. The van der Waals surface area contributed by atoms with E-state index in [4.69, 9.17) is 26.4 Å². The summed E-state index contributed by atoms with van der Waals surface area (Å²) < 4.78 is 122. The molecule has 0 N–H and O–H groups in total. The molecule has 674 valence electrons. The molecule has 0 atom stereocenters. The number of nitrogens with zero attached hydrogens (tertiary/aromatic N) is 15. The van der Waals surface area contributed by atoms with Crippen molar-refractivity contribution in [3.63, 3.8) is 0 Å². The smallest absolute Gasteiger partial charge is 0.264 e. The summed E-state index contributed by atoms with van der Waals surface area (Å²) in [4.78, 5) is 22.7. The molecular formula is C124H108N15+5. The van der Waals surface area contributed by atoms with Gasteiger partial charge in [0.15, 0.2) is 60.9 Å². The quantitative estimate of drug-likeness (QED) is 0.127. The van der Waals surface area contributed by atoms with E-state index in [1.807, 2.05) is 250 Å². The van der Waals surface area contributed by atoms with E-state index in [1.165, 1.54) is 22.0 Å². The van der Waals surface area contributed by atoms with Crippen LogP contribution in [0.15, 0.2) is 401 Å². The van der Waals surface area contributed by atoms with Crippen molar-refractivity contribution in [3.8, 4) is 85.6 Å². The lowest BCUT2D eigenvalue weighted by Crippen LogP contribution is -2.30. The normalized spacial score (nSPS) is 13.0. The zero-order valence-corrected chi connectivity index (χ0v) is 78.8. The first-order valence-electron chi connectivity index (χ1n) is 52.4. The molecule has 0 saturated heterocycles. The fraction of sp³-hybridized carbons (Fsp3) is 0.113. The van der Waals surface area contributed by atoms with E-state index < -0.39 is 27.4 Å². The maximum absolute atomic E-state index is 8.37. The lowest BCUT2D eigenvalue weighted by Gasteiger charge is -2.10. The van der Waals surface area contributed by atoms with Gasteiger partial charge in [0.25, 0.3) is 29.1 Å². The summed E-state index contributed by atoms with van der Waals surface area (Å²) in [6.07, 6.45) is 10.4. The average Bonchev–Trinajstić information content (AvgIpc) is 1.65.